The summed E-state index contributed by atoms with van der Waals surface area (Å²) in [6.07, 6.45) is 0.990. The molecule has 0 spiro atoms. The zero-order chi connectivity index (χ0) is 11.5. The third-order valence-electron chi connectivity index (χ3n) is 2.84. The van der Waals surface area contributed by atoms with E-state index in [1.165, 1.54) is 0 Å². The number of benzene rings is 1. The molecule has 0 bridgehead atoms. The number of carbonyl (C=O) groups is 1. The van der Waals surface area contributed by atoms with Gasteiger partial charge < -0.3 is 14.9 Å². The van der Waals surface area contributed by atoms with Gasteiger partial charge in [0.15, 0.2) is 0 Å². The SMILES string of the molecule is O=C1O[C@H](CO)CC[C@@H]1c1ccc(O)cc1. The van der Waals surface area contributed by atoms with Crippen LogP contribution in [0, 0.1) is 0 Å². The molecule has 2 N–H and O–H groups in total. The second-order valence-electron chi connectivity index (χ2n) is 3.96. The lowest BCUT2D eigenvalue weighted by Gasteiger charge is -2.27. The molecule has 4 heteroatoms. The van der Waals surface area contributed by atoms with Crippen LogP contribution in [0.15, 0.2) is 24.3 Å². The lowest BCUT2D eigenvalue weighted by Crippen LogP contribution is -2.31. The highest BCUT2D eigenvalue weighted by Gasteiger charge is 2.30. The van der Waals surface area contributed by atoms with Gasteiger partial charge in [0, 0.05) is 0 Å². The largest absolute Gasteiger partial charge is 0.508 e. The number of phenolic OH excluding ortho intramolecular Hbond substituents is 1. The number of cyclic esters (lactones) is 1. The van der Waals surface area contributed by atoms with Crippen LogP contribution in [0.5, 0.6) is 5.75 Å². The third-order valence-corrected chi connectivity index (χ3v) is 2.84. The molecule has 1 aliphatic rings. The zero-order valence-corrected chi connectivity index (χ0v) is 8.80. The number of aromatic hydroxyl groups is 1. The maximum Gasteiger partial charge on any atom is 0.313 e. The first-order valence-electron chi connectivity index (χ1n) is 5.31. The molecule has 1 aromatic rings. The fraction of sp³-hybridized carbons (Fsp3) is 0.417. The Bertz CT molecular complexity index is 371. The predicted molar refractivity (Wildman–Crippen MR) is 57.0 cm³/mol. The summed E-state index contributed by atoms with van der Waals surface area (Å²) in [6.45, 7) is -0.117. The number of ether oxygens (including phenoxy) is 1. The van der Waals surface area contributed by atoms with Crippen molar-refractivity contribution in [1.29, 1.82) is 0 Å². The summed E-state index contributed by atoms with van der Waals surface area (Å²) in [5.41, 5.74) is 0.846. The first kappa shape index (κ1) is 11.0. The van der Waals surface area contributed by atoms with Gasteiger partial charge in [-0.25, -0.2) is 0 Å². The highest BCUT2D eigenvalue weighted by atomic mass is 16.6. The summed E-state index contributed by atoms with van der Waals surface area (Å²) >= 11 is 0. The summed E-state index contributed by atoms with van der Waals surface area (Å²) in [7, 11) is 0. The Labute approximate surface area is 93.5 Å². The smallest absolute Gasteiger partial charge is 0.313 e. The molecule has 0 aromatic heterocycles. The van der Waals surface area contributed by atoms with Gasteiger partial charge in [-0.15, -0.1) is 0 Å². The molecule has 1 aromatic carbocycles. The highest BCUT2D eigenvalue weighted by Crippen LogP contribution is 2.30. The molecule has 1 aliphatic heterocycles. The molecule has 0 aliphatic carbocycles. The minimum Gasteiger partial charge on any atom is -0.508 e. The van der Waals surface area contributed by atoms with Gasteiger partial charge in [-0.2, -0.15) is 0 Å². The Morgan fingerprint density at radius 2 is 1.94 bits per heavy atom. The summed E-state index contributed by atoms with van der Waals surface area (Å²) in [5.74, 6) is -0.388. The summed E-state index contributed by atoms with van der Waals surface area (Å²) in [4.78, 5) is 11.7. The Balaban J connectivity index is 2.11. The van der Waals surface area contributed by atoms with E-state index in [4.69, 9.17) is 14.9 Å². The van der Waals surface area contributed by atoms with Crippen molar-refractivity contribution < 1.29 is 19.7 Å². The Morgan fingerprint density at radius 1 is 1.25 bits per heavy atom. The van der Waals surface area contributed by atoms with Crippen molar-refractivity contribution in [3.05, 3.63) is 29.8 Å². The fourth-order valence-corrected chi connectivity index (χ4v) is 1.91. The molecule has 1 saturated heterocycles. The van der Waals surface area contributed by atoms with E-state index in [1.807, 2.05) is 0 Å². The molecule has 2 rings (SSSR count). The van der Waals surface area contributed by atoms with Gasteiger partial charge in [0.2, 0.25) is 0 Å². The average molecular weight is 222 g/mol. The van der Waals surface area contributed by atoms with Gasteiger partial charge in [-0.05, 0) is 30.5 Å². The standard InChI is InChI=1S/C12H14O4/c13-7-10-5-6-11(12(15)16-10)8-1-3-9(14)4-2-8/h1-4,10-11,13-14H,5-7H2/t10-,11+/m0/s1. The number of carbonyl (C=O) groups excluding carboxylic acids is 1. The zero-order valence-electron chi connectivity index (χ0n) is 8.80. The number of hydrogen-bond donors (Lipinski definition) is 2. The molecule has 0 saturated carbocycles. The maximum atomic E-state index is 11.7. The average Bonchev–Trinajstić information content (AvgIpc) is 2.30. The van der Waals surface area contributed by atoms with Gasteiger partial charge >= 0.3 is 5.97 Å². The lowest BCUT2D eigenvalue weighted by atomic mass is 9.91. The summed E-state index contributed by atoms with van der Waals surface area (Å²) < 4.78 is 5.08. The fourth-order valence-electron chi connectivity index (χ4n) is 1.91. The van der Waals surface area contributed by atoms with Gasteiger partial charge in [0.1, 0.15) is 11.9 Å². The molecule has 86 valence electrons. The lowest BCUT2D eigenvalue weighted by molar-refractivity contribution is -0.158. The molecule has 0 amide bonds. The van der Waals surface area contributed by atoms with Crippen LogP contribution in [-0.4, -0.2) is 28.9 Å². The highest BCUT2D eigenvalue weighted by molar-refractivity contribution is 5.79. The van der Waals surface area contributed by atoms with Crippen molar-refractivity contribution in [2.45, 2.75) is 24.9 Å². The van der Waals surface area contributed by atoms with Crippen LogP contribution in [-0.2, 0) is 9.53 Å². The molecular formula is C12H14O4. The molecule has 4 nitrogen and oxygen atoms in total. The van der Waals surface area contributed by atoms with Crippen molar-refractivity contribution >= 4 is 5.97 Å². The van der Waals surface area contributed by atoms with Crippen LogP contribution in [0.2, 0.25) is 0 Å². The first-order chi connectivity index (χ1) is 7.70. The molecule has 16 heavy (non-hydrogen) atoms. The van der Waals surface area contributed by atoms with E-state index in [1.54, 1.807) is 24.3 Å². The number of aliphatic hydroxyl groups is 1. The predicted octanol–water partition coefficient (Wildman–Crippen LogP) is 1.17. The van der Waals surface area contributed by atoms with Crippen molar-refractivity contribution in [3.8, 4) is 5.75 Å². The minimum atomic E-state index is -0.360. The van der Waals surface area contributed by atoms with E-state index in [-0.39, 0.29) is 30.3 Å². The number of hydrogen-bond acceptors (Lipinski definition) is 4. The van der Waals surface area contributed by atoms with Gasteiger partial charge in [-0.1, -0.05) is 12.1 Å². The van der Waals surface area contributed by atoms with Crippen molar-refractivity contribution in [2.24, 2.45) is 0 Å². The normalized spacial score (nSPS) is 25.2. The second-order valence-corrected chi connectivity index (χ2v) is 3.96. The van der Waals surface area contributed by atoms with E-state index >= 15 is 0 Å². The van der Waals surface area contributed by atoms with Gasteiger partial charge in [0.25, 0.3) is 0 Å². The van der Waals surface area contributed by atoms with Crippen LogP contribution < -0.4 is 0 Å². The quantitative estimate of drug-likeness (QED) is 0.737. The maximum absolute atomic E-state index is 11.7. The van der Waals surface area contributed by atoms with Crippen LogP contribution in [0.25, 0.3) is 0 Å². The molecule has 1 heterocycles. The molecule has 1 fully saturated rings. The summed E-state index contributed by atoms with van der Waals surface area (Å²) in [6, 6.07) is 6.56. The van der Waals surface area contributed by atoms with Crippen LogP contribution in [0.1, 0.15) is 24.3 Å². The summed E-state index contributed by atoms with van der Waals surface area (Å²) in [5, 5.41) is 18.0. The molecule has 2 atom stereocenters. The first-order valence-corrected chi connectivity index (χ1v) is 5.31. The van der Waals surface area contributed by atoms with Crippen molar-refractivity contribution in [1.82, 2.24) is 0 Å². The molecule has 0 radical (unpaired) electrons. The second kappa shape index (κ2) is 4.53. The van der Waals surface area contributed by atoms with E-state index < -0.39 is 0 Å². The Hall–Kier alpha value is -1.55. The minimum absolute atomic E-state index is 0.117. The van der Waals surface area contributed by atoms with Crippen molar-refractivity contribution in [3.63, 3.8) is 0 Å². The number of rotatable bonds is 2. The Kier molecular flexibility index (Phi) is 3.10. The van der Waals surface area contributed by atoms with Crippen LogP contribution >= 0.6 is 0 Å². The van der Waals surface area contributed by atoms with Crippen LogP contribution in [0.4, 0.5) is 0 Å². The molecule has 0 unspecified atom stereocenters. The number of aliphatic hydroxyl groups excluding tert-OH is 1. The number of esters is 1. The monoisotopic (exact) mass is 222 g/mol. The van der Waals surface area contributed by atoms with E-state index in [0.717, 1.165) is 5.56 Å². The van der Waals surface area contributed by atoms with Crippen LogP contribution in [0.3, 0.4) is 0 Å². The third kappa shape index (κ3) is 2.17. The van der Waals surface area contributed by atoms with E-state index in [9.17, 15) is 4.79 Å². The van der Waals surface area contributed by atoms with E-state index in [2.05, 4.69) is 0 Å². The van der Waals surface area contributed by atoms with E-state index in [0.29, 0.717) is 12.8 Å². The Morgan fingerprint density at radius 3 is 2.50 bits per heavy atom. The van der Waals surface area contributed by atoms with Gasteiger partial charge in [-0.3, -0.25) is 4.79 Å². The van der Waals surface area contributed by atoms with Crippen molar-refractivity contribution in [2.75, 3.05) is 6.61 Å². The van der Waals surface area contributed by atoms with Gasteiger partial charge in [0.05, 0.1) is 12.5 Å². The topological polar surface area (TPSA) is 66.8 Å². The number of phenols is 1. The molecular weight excluding hydrogens is 208 g/mol.